The van der Waals surface area contributed by atoms with Gasteiger partial charge in [0, 0.05) is 26.2 Å². The van der Waals surface area contributed by atoms with E-state index in [4.69, 9.17) is 16.3 Å². The summed E-state index contributed by atoms with van der Waals surface area (Å²) in [4.78, 5) is 25.8. The number of benzene rings is 1. The lowest BCUT2D eigenvalue weighted by atomic mass is 10.2. The van der Waals surface area contributed by atoms with Gasteiger partial charge >= 0.3 is 5.97 Å². The highest BCUT2D eigenvalue weighted by Gasteiger charge is 2.12. The predicted molar refractivity (Wildman–Crippen MR) is 91.5 cm³/mol. The van der Waals surface area contributed by atoms with Crippen LogP contribution in [-0.4, -0.2) is 69.8 Å². The second-order valence-corrected chi connectivity index (χ2v) is 5.77. The van der Waals surface area contributed by atoms with Gasteiger partial charge in [0.05, 0.1) is 43.1 Å². The molecule has 0 aliphatic carbocycles. The number of esters is 1. The van der Waals surface area contributed by atoms with Gasteiger partial charge in [-0.3, -0.25) is 9.69 Å². The summed E-state index contributed by atoms with van der Waals surface area (Å²) in [6, 6.07) is 4.60. The molecule has 2 N–H and O–H groups in total. The number of amides is 1. The van der Waals surface area contributed by atoms with Crippen molar-refractivity contribution in [3.05, 3.63) is 28.8 Å². The van der Waals surface area contributed by atoms with Crippen molar-refractivity contribution in [2.45, 2.75) is 0 Å². The fourth-order valence-corrected chi connectivity index (χ4v) is 2.49. The van der Waals surface area contributed by atoms with Crippen LogP contribution in [0.25, 0.3) is 0 Å². The van der Waals surface area contributed by atoms with E-state index in [2.05, 4.69) is 20.3 Å². The number of hydrogen-bond acceptors (Lipinski definition) is 6. The van der Waals surface area contributed by atoms with Gasteiger partial charge in [0.25, 0.3) is 0 Å². The molecule has 0 saturated carbocycles. The van der Waals surface area contributed by atoms with E-state index in [1.54, 1.807) is 12.1 Å². The van der Waals surface area contributed by atoms with Crippen LogP contribution in [0.1, 0.15) is 10.4 Å². The smallest absolute Gasteiger partial charge is 0.337 e. The topological polar surface area (TPSA) is 79.9 Å². The molecule has 1 amide bonds. The molecule has 0 spiro atoms. The summed E-state index contributed by atoms with van der Waals surface area (Å²) < 4.78 is 9.94. The summed E-state index contributed by atoms with van der Waals surface area (Å²) >= 11 is 6.05. The highest BCUT2D eigenvalue weighted by atomic mass is 35.5. The Labute approximate surface area is 146 Å². The number of ether oxygens (including phenoxy) is 2. The number of rotatable bonds is 7. The third-order valence-electron chi connectivity index (χ3n) is 3.66. The summed E-state index contributed by atoms with van der Waals surface area (Å²) in [5.41, 5.74) is 0.719. The Morgan fingerprint density at radius 2 is 2.08 bits per heavy atom. The molecular formula is C16H22ClN3O4. The molecule has 24 heavy (non-hydrogen) atoms. The molecule has 1 aliphatic heterocycles. The van der Waals surface area contributed by atoms with Crippen LogP contribution in [0.4, 0.5) is 5.69 Å². The first-order chi connectivity index (χ1) is 11.6. The largest absolute Gasteiger partial charge is 0.465 e. The van der Waals surface area contributed by atoms with Crippen molar-refractivity contribution >= 4 is 29.2 Å². The Morgan fingerprint density at radius 3 is 2.79 bits per heavy atom. The van der Waals surface area contributed by atoms with Crippen molar-refractivity contribution in [1.29, 1.82) is 0 Å². The molecule has 7 nitrogen and oxygen atoms in total. The summed E-state index contributed by atoms with van der Waals surface area (Å²) in [5.74, 6) is -0.702. The third kappa shape index (κ3) is 5.76. The van der Waals surface area contributed by atoms with Gasteiger partial charge in [0.15, 0.2) is 0 Å². The van der Waals surface area contributed by atoms with Crippen molar-refractivity contribution < 1.29 is 19.1 Å². The molecule has 1 fully saturated rings. The van der Waals surface area contributed by atoms with Gasteiger partial charge in [-0.1, -0.05) is 11.6 Å². The maximum atomic E-state index is 12.0. The fourth-order valence-electron chi connectivity index (χ4n) is 2.32. The molecule has 1 aromatic carbocycles. The van der Waals surface area contributed by atoms with Crippen LogP contribution in [0.2, 0.25) is 5.02 Å². The first kappa shape index (κ1) is 18.7. The Bertz CT molecular complexity index is 576. The highest BCUT2D eigenvalue weighted by molar-refractivity contribution is 6.33. The van der Waals surface area contributed by atoms with E-state index in [9.17, 15) is 9.59 Å². The van der Waals surface area contributed by atoms with E-state index in [-0.39, 0.29) is 12.5 Å². The molecule has 0 bridgehead atoms. The molecule has 0 atom stereocenters. The minimum Gasteiger partial charge on any atom is -0.465 e. The zero-order chi connectivity index (χ0) is 17.4. The van der Waals surface area contributed by atoms with E-state index in [0.29, 0.717) is 22.8 Å². The van der Waals surface area contributed by atoms with E-state index in [1.165, 1.54) is 13.2 Å². The number of anilines is 1. The summed E-state index contributed by atoms with van der Waals surface area (Å²) in [6.45, 7) is 5.11. The molecule has 1 heterocycles. The number of nitrogens with zero attached hydrogens (tertiary/aromatic N) is 1. The Hall–Kier alpha value is -1.67. The van der Waals surface area contributed by atoms with Gasteiger partial charge in [0.2, 0.25) is 5.91 Å². The Balaban J connectivity index is 1.76. The summed E-state index contributed by atoms with van der Waals surface area (Å²) in [5, 5.41) is 6.15. The normalized spacial score (nSPS) is 15.1. The molecular weight excluding hydrogens is 334 g/mol. The zero-order valence-electron chi connectivity index (χ0n) is 13.6. The van der Waals surface area contributed by atoms with Crippen LogP contribution < -0.4 is 10.6 Å². The van der Waals surface area contributed by atoms with Gasteiger partial charge in [0.1, 0.15) is 0 Å². The van der Waals surface area contributed by atoms with Crippen LogP contribution in [0.3, 0.4) is 0 Å². The number of carbonyl (C=O) groups excluding carboxylic acids is 2. The Kier molecular flexibility index (Phi) is 7.45. The molecule has 1 saturated heterocycles. The van der Waals surface area contributed by atoms with E-state index < -0.39 is 5.97 Å². The minimum absolute atomic E-state index is 0.170. The minimum atomic E-state index is -0.481. The van der Waals surface area contributed by atoms with Crippen molar-refractivity contribution in [3.8, 4) is 0 Å². The number of carbonyl (C=O) groups is 2. The number of nitrogens with one attached hydrogen (secondary N) is 2. The standard InChI is InChI=1S/C16H22ClN3O4/c1-23-16(22)12-2-3-13(17)14(10-12)19-15(21)11-18-4-5-20-6-8-24-9-7-20/h2-3,10,18H,4-9,11H2,1H3,(H,19,21). The molecule has 0 radical (unpaired) electrons. The maximum absolute atomic E-state index is 12.0. The monoisotopic (exact) mass is 355 g/mol. The zero-order valence-corrected chi connectivity index (χ0v) is 14.4. The van der Waals surface area contributed by atoms with Gasteiger partial charge in [-0.2, -0.15) is 0 Å². The van der Waals surface area contributed by atoms with E-state index in [0.717, 1.165) is 32.8 Å². The first-order valence-electron chi connectivity index (χ1n) is 7.78. The van der Waals surface area contributed by atoms with Crippen molar-refractivity contribution in [2.75, 3.05) is 58.4 Å². The van der Waals surface area contributed by atoms with Crippen LogP contribution in [0.5, 0.6) is 0 Å². The van der Waals surface area contributed by atoms with Gasteiger partial charge in [-0.25, -0.2) is 4.79 Å². The number of halogens is 1. The Morgan fingerprint density at radius 1 is 1.33 bits per heavy atom. The van der Waals surface area contributed by atoms with Gasteiger partial charge in [-0.05, 0) is 18.2 Å². The van der Waals surface area contributed by atoms with Crippen LogP contribution in [0.15, 0.2) is 18.2 Å². The molecule has 0 aromatic heterocycles. The molecule has 132 valence electrons. The molecule has 1 aliphatic rings. The molecule has 1 aromatic rings. The summed E-state index contributed by atoms with van der Waals surface area (Å²) in [6.07, 6.45) is 0. The second kappa shape index (κ2) is 9.58. The lowest BCUT2D eigenvalue weighted by molar-refractivity contribution is -0.115. The lowest BCUT2D eigenvalue weighted by Crippen LogP contribution is -2.41. The fraction of sp³-hybridized carbons (Fsp3) is 0.500. The molecule has 0 unspecified atom stereocenters. The number of methoxy groups -OCH3 is 1. The van der Waals surface area contributed by atoms with E-state index >= 15 is 0 Å². The molecule has 2 rings (SSSR count). The second-order valence-electron chi connectivity index (χ2n) is 5.37. The summed E-state index contributed by atoms with van der Waals surface area (Å²) in [7, 11) is 1.30. The quantitative estimate of drug-likeness (QED) is 0.561. The van der Waals surface area contributed by atoms with Crippen LogP contribution >= 0.6 is 11.6 Å². The van der Waals surface area contributed by atoms with Crippen LogP contribution in [0, 0.1) is 0 Å². The van der Waals surface area contributed by atoms with Gasteiger partial charge < -0.3 is 20.1 Å². The first-order valence-corrected chi connectivity index (χ1v) is 8.16. The van der Waals surface area contributed by atoms with Crippen molar-refractivity contribution in [2.24, 2.45) is 0 Å². The van der Waals surface area contributed by atoms with E-state index in [1.807, 2.05) is 0 Å². The highest BCUT2D eigenvalue weighted by Crippen LogP contribution is 2.23. The molecule has 8 heteroatoms. The average Bonchev–Trinajstić information content (AvgIpc) is 2.61. The lowest BCUT2D eigenvalue weighted by Gasteiger charge is -2.26. The van der Waals surface area contributed by atoms with Crippen molar-refractivity contribution in [3.63, 3.8) is 0 Å². The number of morpholine rings is 1. The number of hydrogen-bond donors (Lipinski definition) is 2. The third-order valence-corrected chi connectivity index (χ3v) is 3.99. The predicted octanol–water partition coefficient (Wildman–Crippen LogP) is 0.987. The maximum Gasteiger partial charge on any atom is 0.337 e. The van der Waals surface area contributed by atoms with Gasteiger partial charge in [-0.15, -0.1) is 0 Å². The van der Waals surface area contributed by atoms with Crippen LogP contribution in [-0.2, 0) is 14.3 Å². The SMILES string of the molecule is COC(=O)c1ccc(Cl)c(NC(=O)CNCCN2CCOCC2)c1. The average molecular weight is 356 g/mol. The van der Waals surface area contributed by atoms with Crippen molar-refractivity contribution in [1.82, 2.24) is 10.2 Å².